The van der Waals surface area contributed by atoms with Crippen LogP contribution >= 0.6 is 12.2 Å². The molecule has 168 valence electrons. The van der Waals surface area contributed by atoms with Gasteiger partial charge in [0.25, 0.3) is 11.8 Å². The van der Waals surface area contributed by atoms with Gasteiger partial charge in [-0.05, 0) is 48.5 Å². The minimum Gasteiger partial charge on any atom is -0.497 e. The Morgan fingerprint density at radius 1 is 0.818 bits per heavy atom. The molecule has 0 atom stereocenters. The number of pyridine rings is 1. The fraction of sp³-hybridized carbons (Fsp3) is 0.0870. The molecule has 0 aliphatic heterocycles. The van der Waals surface area contributed by atoms with Crippen molar-refractivity contribution in [2.45, 2.75) is 0 Å². The van der Waals surface area contributed by atoms with Crippen molar-refractivity contribution in [3.05, 3.63) is 83.0 Å². The van der Waals surface area contributed by atoms with Crippen molar-refractivity contribution in [1.29, 1.82) is 0 Å². The number of thiocarbonyl (C=S) groups is 1. The number of hydrogen-bond donors (Lipinski definition) is 3. The number of carbonyl (C=O) groups is 3. The largest absolute Gasteiger partial charge is 0.497 e. The Labute approximate surface area is 194 Å². The van der Waals surface area contributed by atoms with E-state index in [0.717, 1.165) is 0 Å². The number of esters is 1. The molecule has 0 saturated carbocycles. The molecular weight excluding hydrogens is 444 g/mol. The number of anilines is 2. The first-order valence-electron chi connectivity index (χ1n) is 9.58. The minimum atomic E-state index is -0.695. The van der Waals surface area contributed by atoms with E-state index >= 15 is 0 Å². The van der Waals surface area contributed by atoms with Crippen LogP contribution in [0.1, 0.15) is 36.8 Å². The Balaban J connectivity index is 1.88. The van der Waals surface area contributed by atoms with Crippen LogP contribution in [0.3, 0.4) is 0 Å². The van der Waals surface area contributed by atoms with Gasteiger partial charge in [-0.25, -0.2) is 9.78 Å². The van der Waals surface area contributed by atoms with Gasteiger partial charge < -0.3 is 25.8 Å². The van der Waals surface area contributed by atoms with Crippen molar-refractivity contribution in [2.24, 2.45) is 5.73 Å². The number of methoxy groups -OCH3 is 2. The molecule has 0 saturated heterocycles. The first-order valence-corrected chi connectivity index (χ1v) is 9.99. The highest BCUT2D eigenvalue weighted by Crippen LogP contribution is 2.23. The van der Waals surface area contributed by atoms with Crippen molar-refractivity contribution in [1.82, 2.24) is 4.98 Å². The number of aromatic nitrogens is 1. The van der Waals surface area contributed by atoms with Gasteiger partial charge in [0.2, 0.25) is 0 Å². The van der Waals surface area contributed by atoms with Crippen LogP contribution < -0.4 is 21.1 Å². The average molecular weight is 465 g/mol. The molecule has 0 unspecified atom stereocenters. The maximum absolute atomic E-state index is 12.8. The zero-order chi connectivity index (χ0) is 24.0. The molecule has 1 aromatic heterocycles. The molecule has 4 N–H and O–H groups in total. The first-order chi connectivity index (χ1) is 15.8. The van der Waals surface area contributed by atoms with E-state index in [4.69, 9.17) is 27.4 Å². The van der Waals surface area contributed by atoms with Gasteiger partial charge in [0.1, 0.15) is 10.7 Å². The van der Waals surface area contributed by atoms with Gasteiger partial charge in [0.15, 0.2) is 11.5 Å². The van der Waals surface area contributed by atoms with Crippen molar-refractivity contribution >= 4 is 46.5 Å². The lowest BCUT2D eigenvalue weighted by molar-refractivity contribution is 0.0594. The number of amides is 2. The molecule has 0 bridgehead atoms. The van der Waals surface area contributed by atoms with E-state index in [1.54, 1.807) is 48.5 Å². The smallest absolute Gasteiger partial charge is 0.356 e. The molecule has 33 heavy (non-hydrogen) atoms. The van der Waals surface area contributed by atoms with E-state index in [2.05, 4.69) is 15.6 Å². The summed E-state index contributed by atoms with van der Waals surface area (Å²) in [4.78, 5) is 41.7. The lowest BCUT2D eigenvalue weighted by atomic mass is 10.1. The summed E-state index contributed by atoms with van der Waals surface area (Å²) in [7, 11) is 2.74. The van der Waals surface area contributed by atoms with Crippen LogP contribution in [0.15, 0.2) is 60.7 Å². The number of nitrogens with zero attached hydrogens (tertiary/aromatic N) is 1. The first kappa shape index (κ1) is 23.4. The van der Waals surface area contributed by atoms with E-state index in [1.807, 2.05) is 0 Å². The topological polar surface area (TPSA) is 133 Å². The van der Waals surface area contributed by atoms with Crippen LogP contribution in [0.25, 0.3) is 0 Å². The summed E-state index contributed by atoms with van der Waals surface area (Å²) >= 11 is 4.91. The lowest BCUT2D eigenvalue weighted by Crippen LogP contribution is -2.19. The minimum absolute atomic E-state index is 0.0248. The molecule has 2 amide bonds. The van der Waals surface area contributed by atoms with Crippen LogP contribution in [0.5, 0.6) is 5.75 Å². The number of benzene rings is 2. The Hall–Kier alpha value is -4.31. The maximum Gasteiger partial charge on any atom is 0.356 e. The summed E-state index contributed by atoms with van der Waals surface area (Å²) in [5.41, 5.74) is 7.00. The Morgan fingerprint density at radius 2 is 1.36 bits per heavy atom. The van der Waals surface area contributed by atoms with E-state index in [9.17, 15) is 14.4 Å². The predicted octanol–water partition coefficient (Wildman–Crippen LogP) is 3.02. The molecule has 1 heterocycles. The number of carbonyl (C=O) groups excluding carboxylic acids is 3. The van der Waals surface area contributed by atoms with Gasteiger partial charge in [0, 0.05) is 16.7 Å². The van der Waals surface area contributed by atoms with Gasteiger partial charge >= 0.3 is 5.97 Å². The third kappa shape index (κ3) is 5.69. The predicted molar refractivity (Wildman–Crippen MR) is 127 cm³/mol. The van der Waals surface area contributed by atoms with Crippen molar-refractivity contribution in [3.63, 3.8) is 0 Å². The van der Waals surface area contributed by atoms with Crippen LogP contribution in [0.4, 0.5) is 11.5 Å². The molecule has 2 aromatic carbocycles. The highest BCUT2D eigenvalue weighted by Gasteiger charge is 2.17. The fourth-order valence-corrected chi connectivity index (χ4v) is 2.91. The molecule has 0 aliphatic carbocycles. The van der Waals surface area contributed by atoms with E-state index in [1.165, 1.54) is 26.4 Å². The molecule has 3 rings (SSSR count). The zero-order valence-electron chi connectivity index (χ0n) is 17.7. The average Bonchev–Trinajstić information content (AvgIpc) is 2.84. The van der Waals surface area contributed by atoms with Gasteiger partial charge in [-0.1, -0.05) is 24.4 Å². The summed E-state index contributed by atoms with van der Waals surface area (Å²) in [6.45, 7) is 0. The van der Waals surface area contributed by atoms with Gasteiger partial charge in [-0.15, -0.1) is 0 Å². The second kappa shape index (κ2) is 10.3. The standard InChI is InChI=1S/C23H20N4O5S/c1-31-16-9-7-15(8-10-16)21(28)26-17-11-12-18(23(30)32-2)25-20(17)27-22(29)14-5-3-13(4-6-14)19(24)33/h3-12H,1-2H3,(H2,24,33)(H,26,28)(H,25,27,29). The number of nitrogens with one attached hydrogen (secondary N) is 2. The highest BCUT2D eigenvalue weighted by molar-refractivity contribution is 7.80. The summed E-state index contributed by atoms with van der Waals surface area (Å²) in [5.74, 6) is -1.08. The number of nitrogens with two attached hydrogens (primary N) is 1. The quantitative estimate of drug-likeness (QED) is 0.359. The highest BCUT2D eigenvalue weighted by atomic mass is 32.1. The van der Waals surface area contributed by atoms with Crippen molar-refractivity contribution in [2.75, 3.05) is 24.9 Å². The number of rotatable bonds is 7. The normalized spacial score (nSPS) is 10.1. The van der Waals surface area contributed by atoms with Gasteiger partial charge in [-0.3, -0.25) is 9.59 Å². The van der Waals surface area contributed by atoms with Crippen LogP contribution in [0, 0.1) is 0 Å². The van der Waals surface area contributed by atoms with Crippen LogP contribution in [-0.2, 0) is 4.74 Å². The lowest BCUT2D eigenvalue weighted by Gasteiger charge is -2.13. The monoisotopic (exact) mass is 464 g/mol. The molecule has 0 fully saturated rings. The molecule has 3 aromatic rings. The van der Waals surface area contributed by atoms with E-state index < -0.39 is 17.8 Å². The molecule has 9 nitrogen and oxygen atoms in total. The SMILES string of the molecule is COC(=O)c1ccc(NC(=O)c2ccc(OC)cc2)c(NC(=O)c2ccc(C(N)=S)cc2)n1. The van der Waals surface area contributed by atoms with E-state index in [-0.39, 0.29) is 22.2 Å². The summed E-state index contributed by atoms with van der Waals surface area (Å²) < 4.78 is 9.78. The Bertz CT molecular complexity index is 1210. The molecule has 0 spiro atoms. The summed E-state index contributed by atoms with van der Waals surface area (Å²) in [6.07, 6.45) is 0. The fourth-order valence-electron chi connectivity index (χ4n) is 2.78. The number of hydrogen-bond acceptors (Lipinski definition) is 7. The third-order valence-corrected chi connectivity index (χ3v) is 4.79. The summed E-state index contributed by atoms with van der Waals surface area (Å²) in [5, 5.41) is 5.30. The summed E-state index contributed by atoms with van der Waals surface area (Å²) in [6, 6.07) is 15.6. The molecule has 10 heteroatoms. The molecule has 0 radical (unpaired) electrons. The third-order valence-electron chi connectivity index (χ3n) is 4.55. The van der Waals surface area contributed by atoms with Crippen molar-refractivity contribution in [3.8, 4) is 5.75 Å². The molecule has 0 aliphatic rings. The molecular formula is C23H20N4O5S. The Kier molecular flexibility index (Phi) is 7.31. The van der Waals surface area contributed by atoms with E-state index in [0.29, 0.717) is 22.4 Å². The zero-order valence-corrected chi connectivity index (χ0v) is 18.6. The Morgan fingerprint density at radius 3 is 1.91 bits per heavy atom. The van der Waals surface area contributed by atoms with Gasteiger partial charge in [-0.2, -0.15) is 0 Å². The van der Waals surface area contributed by atoms with Crippen LogP contribution in [-0.4, -0.2) is 42.0 Å². The second-order valence-corrected chi connectivity index (χ2v) is 7.10. The van der Waals surface area contributed by atoms with Gasteiger partial charge in [0.05, 0.1) is 19.9 Å². The second-order valence-electron chi connectivity index (χ2n) is 6.66. The van der Waals surface area contributed by atoms with Crippen LogP contribution in [0.2, 0.25) is 0 Å². The number of ether oxygens (including phenoxy) is 2. The maximum atomic E-state index is 12.8. The van der Waals surface area contributed by atoms with Crippen molar-refractivity contribution < 1.29 is 23.9 Å².